The van der Waals surface area contributed by atoms with Crippen molar-refractivity contribution in [3.63, 3.8) is 0 Å². The highest BCUT2D eigenvalue weighted by atomic mass is 16.8. The maximum Gasteiger partial charge on any atom is 0.335 e. The number of carbonyl (C=O) groups is 1. The first-order valence-electron chi connectivity index (χ1n) is 10.8. The first kappa shape index (κ1) is 26.6. The van der Waals surface area contributed by atoms with Gasteiger partial charge in [0.15, 0.2) is 11.4 Å². The second-order valence-electron chi connectivity index (χ2n) is 8.32. The Balaban J connectivity index is 2.19. The molecule has 3 aromatic carbocycles. The first-order valence-corrected chi connectivity index (χ1v) is 10.8. The predicted molar refractivity (Wildman–Crippen MR) is 136 cm³/mol. The lowest BCUT2D eigenvalue weighted by atomic mass is 10.00. The Kier molecular flexibility index (Phi) is 8.22. The number of quaternary nitrogens is 2. The molecule has 0 saturated heterocycles. The standard InChI is InChI=1S/C24H28N6O6/c1-27(2)19-10-8-15(13-21(19)29(33)34)23(26-25-18-7-5-6-17(12-18)24(31)32)16-9-11-20(28(3)4)22(14-16)30(35)36/h5-14,25,29-30,33,35H,1-4H3,(H,31,32). The topological polar surface area (TPSA) is 164 Å². The van der Waals surface area contributed by atoms with Crippen molar-refractivity contribution in [2.75, 3.05) is 43.4 Å². The van der Waals surface area contributed by atoms with Gasteiger partial charge in [0.05, 0.1) is 17.0 Å². The normalized spacial score (nSPS) is 12.4. The van der Waals surface area contributed by atoms with Crippen LogP contribution in [0.2, 0.25) is 0 Å². The van der Waals surface area contributed by atoms with Crippen molar-refractivity contribution >= 4 is 40.1 Å². The number of hydrazone groups is 1. The summed E-state index contributed by atoms with van der Waals surface area (Å²) in [5.41, 5.74) is 5.45. The molecule has 3 rings (SSSR count). The fourth-order valence-electron chi connectivity index (χ4n) is 3.63. The van der Waals surface area contributed by atoms with Gasteiger partial charge in [-0.25, -0.2) is 15.2 Å². The van der Waals surface area contributed by atoms with Gasteiger partial charge in [0, 0.05) is 51.5 Å². The van der Waals surface area contributed by atoms with Gasteiger partial charge in [-0.3, -0.25) is 5.43 Å². The molecule has 3 aromatic rings. The largest absolute Gasteiger partial charge is 0.595 e. The predicted octanol–water partition coefficient (Wildman–Crippen LogP) is 1.19. The zero-order valence-electron chi connectivity index (χ0n) is 20.2. The Labute approximate surface area is 207 Å². The number of rotatable bonds is 9. The molecule has 36 heavy (non-hydrogen) atoms. The van der Waals surface area contributed by atoms with Gasteiger partial charge in [0.2, 0.25) is 0 Å². The summed E-state index contributed by atoms with van der Waals surface area (Å²) in [4.78, 5) is 14.7. The molecule has 190 valence electrons. The average Bonchev–Trinajstić information content (AvgIpc) is 2.83. The lowest BCUT2D eigenvalue weighted by Gasteiger charge is -2.23. The minimum absolute atomic E-state index is 0.0430. The SMILES string of the molecule is CN(C)c1ccc(C(=NNc2cccc(C(=O)O)c2)c2ccc(N(C)C)c([NH+]([O-])O)c2)cc1[NH+]([O-])O. The van der Waals surface area contributed by atoms with E-state index in [0.717, 1.165) is 0 Å². The van der Waals surface area contributed by atoms with Crippen molar-refractivity contribution in [1.29, 1.82) is 0 Å². The summed E-state index contributed by atoms with van der Waals surface area (Å²) in [6.45, 7) is 0. The minimum Gasteiger partial charge on any atom is -0.595 e. The number of hydrogen-bond donors (Lipinski definition) is 6. The summed E-state index contributed by atoms with van der Waals surface area (Å²) in [5, 5.41) is 54.9. The molecule has 0 bridgehead atoms. The number of anilines is 3. The fraction of sp³-hybridized carbons (Fsp3) is 0.167. The van der Waals surface area contributed by atoms with Gasteiger partial charge in [-0.2, -0.15) is 15.6 Å². The third-order valence-corrected chi connectivity index (χ3v) is 5.37. The van der Waals surface area contributed by atoms with E-state index >= 15 is 0 Å². The molecule has 0 aliphatic carbocycles. The van der Waals surface area contributed by atoms with Crippen molar-refractivity contribution in [2.45, 2.75) is 0 Å². The monoisotopic (exact) mass is 496 g/mol. The fourth-order valence-corrected chi connectivity index (χ4v) is 3.63. The van der Waals surface area contributed by atoms with Crippen LogP contribution in [0.4, 0.5) is 28.4 Å². The molecule has 6 N–H and O–H groups in total. The molecule has 0 heterocycles. The summed E-state index contributed by atoms with van der Waals surface area (Å²) in [7, 11) is 6.91. The highest BCUT2D eigenvalue weighted by molar-refractivity contribution is 6.14. The second-order valence-corrected chi connectivity index (χ2v) is 8.32. The third kappa shape index (κ3) is 5.95. The van der Waals surface area contributed by atoms with Crippen LogP contribution in [0.15, 0.2) is 65.8 Å². The molecule has 2 atom stereocenters. The van der Waals surface area contributed by atoms with E-state index in [4.69, 9.17) is 0 Å². The molecular formula is C24H28N6O6. The molecule has 0 radical (unpaired) electrons. The molecule has 0 amide bonds. The van der Waals surface area contributed by atoms with Gasteiger partial charge in [0.1, 0.15) is 11.4 Å². The molecule has 0 spiro atoms. The van der Waals surface area contributed by atoms with E-state index in [1.54, 1.807) is 74.4 Å². The van der Waals surface area contributed by atoms with Crippen LogP contribution in [0.1, 0.15) is 21.5 Å². The molecule has 12 nitrogen and oxygen atoms in total. The zero-order valence-corrected chi connectivity index (χ0v) is 20.2. The van der Waals surface area contributed by atoms with Crippen LogP contribution in [-0.4, -0.2) is 55.4 Å². The quantitative estimate of drug-likeness (QED) is 0.189. The molecule has 0 fully saturated rings. The minimum atomic E-state index is -1.13. The van der Waals surface area contributed by atoms with Crippen molar-refractivity contribution < 1.29 is 30.8 Å². The van der Waals surface area contributed by atoms with Crippen LogP contribution in [-0.2, 0) is 0 Å². The zero-order chi connectivity index (χ0) is 26.6. The van der Waals surface area contributed by atoms with Crippen LogP contribution >= 0.6 is 0 Å². The Hall–Kier alpha value is -4.04. The summed E-state index contributed by atoms with van der Waals surface area (Å²) in [5.74, 6) is -1.10. The molecule has 0 aromatic heterocycles. The lowest BCUT2D eigenvalue weighted by molar-refractivity contribution is -0.990. The first-order chi connectivity index (χ1) is 17.0. The van der Waals surface area contributed by atoms with Gasteiger partial charge in [0.25, 0.3) is 0 Å². The van der Waals surface area contributed by atoms with Crippen molar-refractivity contribution in [3.8, 4) is 0 Å². The number of benzene rings is 3. The number of carboxylic acid groups (broad SMARTS) is 1. The van der Waals surface area contributed by atoms with Crippen LogP contribution in [0, 0.1) is 10.4 Å². The molecular weight excluding hydrogens is 468 g/mol. The Bertz CT molecular complexity index is 1210. The number of nitrogens with one attached hydrogen (secondary N) is 3. The number of nitrogens with zero attached hydrogens (tertiary/aromatic N) is 3. The van der Waals surface area contributed by atoms with Gasteiger partial charge < -0.3 is 25.3 Å². The molecule has 0 aliphatic heterocycles. The number of carboxylic acids is 1. The highest BCUT2D eigenvalue weighted by Crippen LogP contribution is 2.27. The summed E-state index contributed by atoms with van der Waals surface area (Å²) >= 11 is 0. The Morgan fingerprint density at radius 3 is 1.72 bits per heavy atom. The smallest absolute Gasteiger partial charge is 0.335 e. The van der Waals surface area contributed by atoms with E-state index in [1.807, 2.05) is 0 Å². The molecule has 2 unspecified atom stereocenters. The van der Waals surface area contributed by atoms with E-state index in [-0.39, 0.29) is 22.6 Å². The van der Waals surface area contributed by atoms with Crippen LogP contribution in [0.5, 0.6) is 0 Å². The summed E-state index contributed by atoms with van der Waals surface area (Å²) < 4.78 is 0. The van der Waals surface area contributed by atoms with Crippen LogP contribution < -0.4 is 25.7 Å². The van der Waals surface area contributed by atoms with Gasteiger partial charge in [-0.1, -0.05) is 18.2 Å². The van der Waals surface area contributed by atoms with Crippen LogP contribution in [0.3, 0.4) is 0 Å². The Morgan fingerprint density at radius 1 is 0.806 bits per heavy atom. The Morgan fingerprint density at radius 2 is 1.31 bits per heavy atom. The van der Waals surface area contributed by atoms with E-state index in [2.05, 4.69) is 10.5 Å². The third-order valence-electron chi connectivity index (χ3n) is 5.37. The maximum atomic E-state index is 12.0. The van der Waals surface area contributed by atoms with Gasteiger partial charge in [-0.05, 0) is 30.3 Å². The van der Waals surface area contributed by atoms with Gasteiger partial charge in [-0.15, -0.1) is 0 Å². The maximum absolute atomic E-state index is 12.0. The summed E-state index contributed by atoms with van der Waals surface area (Å²) in [6, 6.07) is 15.6. The van der Waals surface area contributed by atoms with E-state index in [9.17, 15) is 30.7 Å². The van der Waals surface area contributed by atoms with Crippen molar-refractivity contribution in [2.24, 2.45) is 5.10 Å². The molecule has 12 heteroatoms. The lowest BCUT2D eigenvalue weighted by Crippen LogP contribution is -2.99. The number of aromatic carboxylic acids is 1. The highest BCUT2D eigenvalue weighted by Gasteiger charge is 2.19. The average molecular weight is 497 g/mol. The van der Waals surface area contributed by atoms with Crippen molar-refractivity contribution in [3.05, 3.63) is 87.8 Å². The summed E-state index contributed by atoms with van der Waals surface area (Å²) in [6.07, 6.45) is 0. The van der Waals surface area contributed by atoms with Crippen molar-refractivity contribution in [1.82, 2.24) is 0 Å². The molecule has 0 aliphatic rings. The van der Waals surface area contributed by atoms with E-state index in [0.29, 0.717) is 28.2 Å². The van der Waals surface area contributed by atoms with Gasteiger partial charge >= 0.3 is 5.97 Å². The second kappa shape index (κ2) is 11.1. The van der Waals surface area contributed by atoms with E-state index in [1.165, 1.54) is 24.3 Å². The van der Waals surface area contributed by atoms with E-state index < -0.39 is 16.4 Å². The molecule has 0 saturated carbocycles. The number of hydrogen-bond acceptors (Lipinski definition) is 9. The van der Waals surface area contributed by atoms with Crippen LogP contribution in [0.25, 0.3) is 0 Å².